The first kappa shape index (κ1) is 15.7. The van der Waals surface area contributed by atoms with Crippen LogP contribution in [0.1, 0.15) is 13.3 Å². The zero-order valence-corrected chi connectivity index (χ0v) is 14.2. The molecule has 1 unspecified atom stereocenters. The predicted octanol–water partition coefficient (Wildman–Crippen LogP) is 1.84. The van der Waals surface area contributed by atoms with Crippen LogP contribution in [0.4, 0.5) is 5.69 Å². The summed E-state index contributed by atoms with van der Waals surface area (Å²) in [6, 6.07) is 5.51. The molecule has 0 saturated carbocycles. The summed E-state index contributed by atoms with van der Waals surface area (Å²) >= 11 is 3.40. The molecule has 1 aromatic heterocycles. The largest absolute Gasteiger partial charge is 0.342 e. The van der Waals surface area contributed by atoms with Crippen molar-refractivity contribution >= 4 is 33.4 Å². The number of carbonyl (C=O) groups excluding carboxylic acids is 2. The van der Waals surface area contributed by atoms with E-state index in [2.05, 4.69) is 31.3 Å². The molecular weight excluding hydrogens is 362 g/mol. The van der Waals surface area contributed by atoms with Crippen molar-refractivity contribution in [3.8, 4) is 5.69 Å². The lowest BCUT2D eigenvalue weighted by Gasteiger charge is -2.15. The van der Waals surface area contributed by atoms with Crippen molar-refractivity contribution in [3.05, 3.63) is 35.3 Å². The van der Waals surface area contributed by atoms with E-state index in [1.165, 1.54) is 6.33 Å². The highest BCUT2D eigenvalue weighted by atomic mass is 79.9. The van der Waals surface area contributed by atoms with Gasteiger partial charge in [0.05, 0.1) is 17.3 Å². The van der Waals surface area contributed by atoms with E-state index in [-0.39, 0.29) is 24.2 Å². The van der Waals surface area contributed by atoms with Gasteiger partial charge in [-0.25, -0.2) is 9.67 Å². The Morgan fingerprint density at radius 3 is 2.96 bits per heavy atom. The fourth-order valence-electron chi connectivity index (χ4n) is 2.63. The van der Waals surface area contributed by atoms with E-state index >= 15 is 0 Å². The predicted molar refractivity (Wildman–Crippen MR) is 88.0 cm³/mol. The molecule has 0 spiro atoms. The molecule has 0 aliphatic carbocycles. The van der Waals surface area contributed by atoms with Gasteiger partial charge in [0.1, 0.15) is 12.7 Å². The van der Waals surface area contributed by atoms with Crippen LogP contribution in [0.15, 0.2) is 35.3 Å². The van der Waals surface area contributed by atoms with Crippen LogP contribution in [0.2, 0.25) is 0 Å². The Kier molecular flexibility index (Phi) is 4.42. The number of benzene rings is 1. The number of nitrogens with zero attached hydrogens (tertiary/aromatic N) is 4. The van der Waals surface area contributed by atoms with E-state index in [1.807, 2.05) is 25.1 Å². The Morgan fingerprint density at radius 1 is 1.48 bits per heavy atom. The molecule has 1 aliphatic rings. The molecule has 1 atom stereocenters. The van der Waals surface area contributed by atoms with E-state index in [4.69, 9.17) is 0 Å². The number of hydrogen-bond donors (Lipinski definition) is 1. The third-order valence-electron chi connectivity index (χ3n) is 3.85. The third kappa shape index (κ3) is 3.26. The summed E-state index contributed by atoms with van der Waals surface area (Å²) in [5.41, 5.74) is 1.34. The monoisotopic (exact) mass is 377 g/mol. The number of amides is 2. The molecule has 0 radical (unpaired) electrons. The van der Waals surface area contributed by atoms with Crippen LogP contribution in [-0.4, -0.2) is 44.6 Å². The molecule has 2 heterocycles. The van der Waals surface area contributed by atoms with Gasteiger partial charge in [-0.15, -0.1) is 0 Å². The Bertz CT molecular complexity index is 731. The third-order valence-corrected chi connectivity index (χ3v) is 4.34. The van der Waals surface area contributed by atoms with Crippen molar-refractivity contribution in [2.75, 3.05) is 18.4 Å². The van der Waals surface area contributed by atoms with Gasteiger partial charge in [0.25, 0.3) is 0 Å². The van der Waals surface area contributed by atoms with Crippen LogP contribution in [0, 0.1) is 5.92 Å². The first-order chi connectivity index (χ1) is 11.1. The molecule has 1 N–H and O–H groups in total. The molecule has 23 heavy (non-hydrogen) atoms. The highest BCUT2D eigenvalue weighted by Crippen LogP contribution is 2.26. The zero-order chi connectivity index (χ0) is 16.4. The normalized spacial score (nSPS) is 17.6. The highest BCUT2D eigenvalue weighted by molar-refractivity contribution is 9.10. The van der Waals surface area contributed by atoms with E-state index in [1.54, 1.807) is 15.9 Å². The SMILES string of the molecule is CCN1CC(C(=O)Nc2cc(Br)ccc2-n2cncn2)CC1=O. The van der Waals surface area contributed by atoms with E-state index < -0.39 is 0 Å². The summed E-state index contributed by atoms with van der Waals surface area (Å²) in [7, 11) is 0. The van der Waals surface area contributed by atoms with Crippen LogP contribution < -0.4 is 5.32 Å². The summed E-state index contributed by atoms with van der Waals surface area (Å²) in [6.45, 7) is 3.01. The topological polar surface area (TPSA) is 80.1 Å². The molecule has 8 heteroatoms. The van der Waals surface area contributed by atoms with Gasteiger partial charge in [0.2, 0.25) is 11.8 Å². The van der Waals surface area contributed by atoms with Crippen molar-refractivity contribution in [1.82, 2.24) is 19.7 Å². The lowest BCUT2D eigenvalue weighted by atomic mass is 10.1. The Labute approximate surface area is 141 Å². The number of aromatic nitrogens is 3. The number of carbonyl (C=O) groups is 2. The summed E-state index contributed by atoms with van der Waals surface area (Å²) in [4.78, 5) is 29.9. The molecule has 2 aromatic rings. The molecule has 1 fully saturated rings. The van der Waals surface area contributed by atoms with Gasteiger partial charge in [0, 0.05) is 24.0 Å². The van der Waals surface area contributed by atoms with Gasteiger partial charge >= 0.3 is 0 Å². The molecule has 2 amide bonds. The van der Waals surface area contributed by atoms with Gasteiger partial charge in [-0.2, -0.15) is 5.10 Å². The first-order valence-corrected chi connectivity index (χ1v) is 8.11. The van der Waals surface area contributed by atoms with Crippen molar-refractivity contribution in [1.29, 1.82) is 0 Å². The second kappa shape index (κ2) is 6.49. The van der Waals surface area contributed by atoms with Gasteiger partial charge < -0.3 is 10.2 Å². The molecule has 7 nitrogen and oxygen atoms in total. The van der Waals surface area contributed by atoms with Crippen molar-refractivity contribution in [3.63, 3.8) is 0 Å². The second-order valence-electron chi connectivity index (χ2n) is 5.32. The van der Waals surface area contributed by atoms with Crippen molar-refractivity contribution in [2.45, 2.75) is 13.3 Å². The fraction of sp³-hybridized carbons (Fsp3) is 0.333. The van der Waals surface area contributed by atoms with Crippen LogP contribution in [0.25, 0.3) is 5.69 Å². The van der Waals surface area contributed by atoms with Crippen molar-refractivity contribution < 1.29 is 9.59 Å². The maximum Gasteiger partial charge on any atom is 0.229 e. The number of hydrogen-bond acceptors (Lipinski definition) is 4. The molecule has 0 bridgehead atoms. The summed E-state index contributed by atoms with van der Waals surface area (Å²) in [5, 5.41) is 7.01. The number of anilines is 1. The summed E-state index contributed by atoms with van der Waals surface area (Å²) < 4.78 is 2.43. The average molecular weight is 378 g/mol. The molecule has 1 aromatic carbocycles. The molecular formula is C15H16BrN5O2. The Hall–Kier alpha value is -2.22. The number of halogens is 1. The molecule has 1 saturated heterocycles. The van der Waals surface area contributed by atoms with E-state index in [0.29, 0.717) is 18.8 Å². The average Bonchev–Trinajstić information content (AvgIpc) is 3.16. The first-order valence-electron chi connectivity index (χ1n) is 7.31. The number of rotatable bonds is 4. The van der Waals surface area contributed by atoms with Gasteiger partial charge in [0.15, 0.2) is 0 Å². The van der Waals surface area contributed by atoms with E-state index in [9.17, 15) is 9.59 Å². The lowest BCUT2D eigenvalue weighted by Crippen LogP contribution is -2.28. The van der Waals surface area contributed by atoms with Gasteiger partial charge in [-0.1, -0.05) is 15.9 Å². The van der Waals surface area contributed by atoms with Crippen LogP contribution in [0.3, 0.4) is 0 Å². The number of nitrogens with one attached hydrogen (secondary N) is 1. The second-order valence-corrected chi connectivity index (χ2v) is 6.24. The van der Waals surface area contributed by atoms with Crippen LogP contribution in [-0.2, 0) is 9.59 Å². The minimum atomic E-state index is -0.329. The Morgan fingerprint density at radius 2 is 2.30 bits per heavy atom. The minimum Gasteiger partial charge on any atom is -0.342 e. The highest BCUT2D eigenvalue weighted by Gasteiger charge is 2.33. The van der Waals surface area contributed by atoms with Crippen LogP contribution >= 0.6 is 15.9 Å². The maximum atomic E-state index is 12.5. The smallest absolute Gasteiger partial charge is 0.229 e. The summed E-state index contributed by atoms with van der Waals surface area (Å²) in [6.07, 6.45) is 3.26. The van der Waals surface area contributed by atoms with Crippen LogP contribution in [0.5, 0.6) is 0 Å². The Balaban J connectivity index is 1.81. The van der Waals surface area contributed by atoms with Crippen molar-refractivity contribution in [2.24, 2.45) is 5.92 Å². The van der Waals surface area contributed by atoms with Gasteiger partial charge in [-0.05, 0) is 25.1 Å². The zero-order valence-electron chi connectivity index (χ0n) is 12.6. The summed E-state index contributed by atoms with van der Waals surface area (Å²) in [5.74, 6) is -0.461. The van der Waals surface area contributed by atoms with E-state index in [0.717, 1.165) is 10.2 Å². The fourth-order valence-corrected chi connectivity index (χ4v) is 2.99. The number of likely N-dealkylation sites (tertiary alicyclic amines) is 1. The van der Waals surface area contributed by atoms with Gasteiger partial charge in [-0.3, -0.25) is 9.59 Å². The molecule has 3 rings (SSSR count). The molecule has 120 valence electrons. The lowest BCUT2D eigenvalue weighted by molar-refractivity contribution is -0.128. The minimum absolute atomic E-state index is 0.0263. The maximum absolute atomic E-state index is 12.5. The quantitative estimate of drug-likeness (QED) is 0.881. The molecule has 1 aliphatic heterocycles. The standard InChI is InChI=1S/C15H16BrN5O2/c1-2-20-7-10(5-14(20)22)15(23)19-12-6-11(16)3-4-13(12)21-9-17-8-18-21/h3-4,6,8-10H,2,5,7H2,1H3,(H,19,23).